The Morgan fingerprint density at radius 1 is 1.29 bits per heavy atom. The molecule has 2 N–H and O–H groups in total. The van der Waals surface area contributed by atoms with Gasteiger partial charge in [-0.05, 0) is 51.4 Å². The average Bonchev–Trinajstić information content (AvgIpc) is 3.60. The molecule has 0 saturated carbocycles. The van der Waals surface area contributed by atoms with Crippen LogP contribution in [-0.4, -0.2) is 76.2 Å². The summed E-state index contributed by atoms with van der Waals surface area (Å²) in [4.78, 5) is 29.0. The second-order valence-electron chi connectivity index (χ2n) is 9.67. The fourth-order valence-corrected chi connectivity index (χ4v) is 6.67. The first-order valence-corrected chi connectivity index (χ1v) is 12.8. The number of anilines is 2. The highest BCUT2D eigenvalue weighted by Crippen LogP contribution is 2.42. The molecule has 1 amide bonds. The number of aromatic nitrogens is 4. The monoisotopic (exact) mass is 491 g/mol. The third-order valence-electron chi connectivity index (χ3n) is 7.41. The number of nitrogens with one attached hydrogen (secondary N) is 2. The van der Waals surface area contributed by atoms with Crippen molar-refractivity contribution in [1.82, 2.24) is 30.0 Å². The quantitative estimate of drug-likeness (QED) is 0.440. The predicted molar refractivity (Wildman–Crippen MR) is 138 cm³/mol. The third kappa shape index (κ3) is 3.90. The van der Waals surface area contributed by atoms with E-state index < -0.39 is 0 Å². The van der Waals surface area contributed by atoms with Crippen molar-refractivity contribution < 1.29 is 9.53 Å². The lowest BCUT2D eigenvalue weighted by Gasteiger charge is -2.27. The summed E-state index contributed by atoms with van der Waals surface area (Å²) in [7, 11) is 5.85. The van der Waals surface area contributed by atoms with Gasteiger partial charge in [-0.1, -0.05) is 0 Å². The van der Waals surface area contributed by atoms with Crippen molar-refractivity contribution in [3.63, 3.8) is 0 Å². The molecule has 35 heavy (non-hydrogen) atoms. The van der Waals surface area contributed by atoms with E-state index in [1.807, 2.05) is 12.1 Å². The predicted octanol–water partition coefficient (Wildman–Crippen LogP) is 3.59. The minimum Gasteiger partial charge on any atom is -0.494 e. The van der Waals surface area contributed by atoms with Crippen LogP contribution >= 0.6 is 11.3 Å². The topological polar surface area (TPSA) is 99.3 Å². The molecule has 1 fully saturated rings. The third-order valence-corrected chi connectivity index (χ3v) is 8.58. The number of benzene rings is 1. The van der Waals surface area contributed by atoms with Crippen molar-refractivity contribution in [3.05, 3.63) is 35.1 Å². The number of aromatic amines is 1. The molecule has 0 spiro atoms. The summed E-state index contributed by atoms with van der Waals surface area (Å²) < 4.78 is 5.62. The maximum absolute atomic E-state index is 13.3. The van der Waals surface area contributed by atoms with Crippen LogP contribution < -0.4 is 10.1 Å². The van der Waals surface area contributed by atoms with Crippen molar-refractivity contribution in [3.8, 4) is 5.75 Å². The SMILES string of the molecule is COc1cc2[nH]ncc2cc1Nc1ncnc2sc3c(c12)CC[C@H](C(=O)N1CC[C@H](N(C)C)C1)C3. The number of rotatable bonds is 5. The van der Waals surface area contributed by atoms with Gasteiger partial charge < -0.3 is 19.9 Å². The largest absolute Gasteiger partial charge is 0.494 e. The first-order chi connectivity index (χ1) is 17.0. The van der Waals surface area contributed by atoms with Crippen molar-refractivity contribution in [2.24, 2.45) is 5.92 Å². The number of aryl methyl sites for hydroxylation is 1. The Morgan fingerprint density at radius 2 is 2.17 bits per heavy atom. The molecule has 2 aliphatic rings. The highest BCUT2D eigenvalue weighted by Gasteiger charge is 2.35. The lowest BCUT2D eigenvalue weighted by atomic mass is 9.87. The van der Waals surface area contributed by atoms with Gasteiger partial charge in [0.15, 0.2) is 0 Å². The Hall–Kier alpha value is -3.24. The summed E-state index contributed by atoms with van der Waals surface area (Å²) in [5.74, 6) is 1.83. The van der Waals surface area contributed by atoms with Crippen molar-refractivity contribution in [2.75, 3.05) is 39.6 Å². The molecule has 0 radical (unpaired) electrons. The highest BCUT2D eigenvalue weighted by molar-refractivity contribution is 7.19. The van der Waals surface area contributed by atoms with Crippen LogP contribution in [0.5, 0.6) is 5.75 Å². The van der Waals surface area contributed by atoms with Crippen molar-refractivity contribution in [2.45, 2.75) is 31.7 Å². The molecule has 1 aliphatic carbocycles. The van der Waals surface area contributed by atoms with Gasteiger partial charge in [0.25, 0.3) is 0 Å². The minimum atomic E-state index is 0.0458. The summed E-state index contributed by atoms with van der Waals surface area (Å²) in [6, 6.07) is 4.40. The minimum absolute atomic E-state index is 0.0458. The van der Waals surface area contributed by atoms with Gasteiger partial charge in [0.2, 0.25) is 5.91 Å². The lowest BCUT2D eigenvalue weighted by Crippen LogP contribution is -2.39. The number of likely N-dealkylation sites (N-methyl/N-ethyl adjacent to an activating group) is 1. The van der Waals surface area contributed by atoms with Gasteiger partial charge >= 0.3 is 0 Å². The smallest absolute Gasteiger partial charge is 0.226 e. The lowest BCUT2D eigenvalue weighted by molar-refractivity contribution is -0.134. The Balaban J connectivity index is 1.28. The van der Waals surface area contributed by atoms with E-state index in [1.165, 1.54) is 10.4 Å². The molecule has 0 unspecified atom stereocenters. The Bertz CT molecular complexity index is 1410. The molecule has 2 atom stereocenters. The van der Waals surface area contributed by atoms with Gasteiger partial charge in [-0.15, -0.1) is 11.3 Å². The molecule has 1 aromatic carbocycles. The zero-order chi connectivity index (χ0) is 24.1. The number of nitrogens with zero attached hydrogens (tertiary/aromatic N) is 5. The van der Waals surface area contributed by atoms with Crippen LogP contribution in [-0.2, 0) is 17.6 Å². The fraction of sp³-hybridized carbons (Fsp3) is 0.440. The van der Waals surface area contributed by atoms with E-state index in [0.717, 1.165) is 71.4 Å². The molecule has 1 aliphatic heterocycles. The average molecular weight is 492 g/mol. The van der Waals surface area contributed by atoms with Gasteiger partial charge in [0, 0.05) is 41.4 Å². The van der Waals surface area contributed by atoms with Gasteiger partial charge in [-0.25, -0.2) is 9.97 Å². The van der Waals surface area contributed by atoms with Gasteiger partial charge in [-0.2, -0.15) is 5.10 Å². The molecular weight excluding hydrogens is 462 g/mol. The molecule has 4 heterocycles. The standard InChI is InChI=1S/C25H29N7O2S/c1-31(2)16-6-7-32(12-16)25(33)14-4-5-17-21(9-14)35-24-22(17)23(26-13-27-24)29-19-8-15-11-28-30-18(15)10-20(19)34-3/h8,10-11,13-14,16H,4-7,9,12H2,1-3H3,(H,28,30)(H,26,27,29)/t14-,16-/m0/s1. The van der Waals surface area contributed by atoms with Crippen molar-refractivity contribution in [1.29, 1.82) is 0 Å². The maximum atomic E-state index is 13.3. The van der Waals surface area contributed by atoms with Crippen LogP contribution in [0, 0.1) is 5.92 Å². The first-order valence-electron chi connectivity index (χ1n) is 12.0. The van der Waals surface area contributed by atoms with Gasteiger partial charge in [-0.3, -0.25) is 9.89 Å². The zero-order valence-electron chi connectivity index (χ0n) is 20.2. The molecule has 1 saturated heterocycles. The number of likely N-dealkylation sites (tertiary alicyclic amines) is 1. The number of ether oxygens (including phenoxy) is 1. The van der Waals surface area contributed by atoms with Gasteiger partial charge in [0.1, 0.15) is 22.7 Å². The first kappa shape index (κ1) is 22.2. The molecule has 10 heteroatoms. The van der Waals surface area contributed by atoms with Gasteiger partial charge in [0.05, 0.1) is 29.9 Å². The number of methoxy groups -OCH3 is 1. The summed E-state index contributed by atoms with van der Waals surface area (Å²) in [5, 5.41) is 12.6. The summed E-state index contributed by atoms with van der Waals surface area (Å²) >= 11 is 1.69. The van der Waals surface area contributed by atoms with E-state index in [0.29, 0.717) is 17.7 Å². The van der Waals surface area contributed by atoms with E-state index in [2.05, 4.69) is 49.4 Å². The van der Waals surface area contributed by atoms with Crippen molar-refractivity contribution >= 4 is 49.9 Å². The highest BCUT2D eigenvalue weighted by atomic mass is 32.1. The van der Waals surface area contributed by atoms with Crippen LogP contribution in [0.1, 0.15) is 23.3 Å². The van der Waals surface area contributed by atoms with E-state index in [4.69, 9.17) is 4.74 Å². The zero-order valence-corrected chi connectivity index (χ0v) is 21.0. The number of H-pyrrole nitrogens is 1. The molecular formula is C25H29N7O2S. The second-order valence-corrected chi connectivity index (χ2v) is 10.8. The molecule has 4 aromatic rings. The van der Waals surface area contributed by atoms with E-state index >= 15 is 0 Å². The molecule has 3 aromatic heterocycles. The van der Waals surface area contributed by atoms with Crippen LogP contribution in [0.3, 0.4) is 0 Å². The van der Waals surface area contributed by atoms with E-state index in [1.54, 1.807) is 31.0 Å². The number of fused-ring (bicyclic) bond motifs is 4. The Morgan fingerprint density at radius 3 is 2.97 bits per heavy atom. The van der Waals surface area contributed by atoms with Crippen LogP contribution in [0.25, 0.3) is 21.1 Å². The molecule has 6 rings (SSSR count). The number of hydrogen-bond acceptors (Lipinski definition) is 8. The second kappa shape index (κ2) is 8.76. The maximum Gasteiger partial charge on any atom is 0.226 e. The van der Waals surface area contributed by atoms with Crippen LogP contribution in [0.2, 0.25) is 0 Å². The molecule has 0 bridgehead atoms. The number of carbonyl (C=O) groups is 1. The van der Waals surface area contributed by atoms with E-state index in [-0.39, 0.29) is 5.92 Å². The Kier molecular flexibility index (Phi) is 5.57. The number of thiophene rings is 1. The van der Waals surface area contributed by atoms with E-state index in [9.17, 15) is 4.79 Å². The Labute approximate surface area is 207 Å². The number of carbonyl (C=O) groups excluding carboxylic acids is 1. The summed E-state index contributed by atoms with van der Waals surface area (Å²) in [5.41, 5.74) is 3.02. The van der Waals surface area contributed by atoms with Crippen LogP contribution in [0.4, 0.5) is 11.5 Å². The van der Waals surface area contributed by atoms with Crippen LogP contribution in [0.15, 0.2) is 24.7 Å². The summed E-state index contributed by atoms with van der Waals surface area (Å²) in [6.45, 7) is 1.70. The number of hydrogen-bond donors (Lipinski definition) is 2. The molecule has 182 valence electrons. The normalized spacial score (nSPS) is 20.1. The number of amides is 1. The summed E-state index contributed by atoms with van der Waals surface area (Å²) in [6.07, 6.45) is 6.94. The molecule has 9 nitrogen and oxygen atoms in total. The fourth-order valence-electron chi connectivity index (χ4n) is 5.40.